The topological polar surface area (TPSA) is 90.9 Å². The van der Waals surface area contributed by atoms with Crippen molar-refractivity contribution in [3.8, 4) is 0 Å². The van der Waals surface area contributed by atoms with E-state index in [1.54, 1.807) is 17.0 Å². The lowest BCUT2D eigenvalue weighted by molar-refractivity contribution is -0.129. The monoisotopic (exact) mass is 484 g/mol. The number of rotatable bonds is 5. The predicted octanol–water partition coefficient (Wildman–Crippen LogP) is 3.28. The van der Waals surface area contributed by atoms with Gasteiger partial charge < -0.3 is 4.90 Å². The Bertz CT molecular complexity index is 1270. The van der Waals surface area contributed by atoms with Crippen molar-refractivity contribution in [1.82, 2.24) is 14.2 Å². The average Bonchev–Trinajstić information content (AvgIpc) is 3.25. The molecule has 2 heterocycles. The number of benzene rings is 2. The minimum atomic E-state index is -3.81. The molecule has 4 rings (SSSR count). The van der Waals surface area contributed by atoms with Crippen LogP contribution < -0.4 is 4.90 Å². The number of carbonyl (C=O) groups is 2. The summed E-state index contributed by atoms with van der Waals surface area (Å²) in [5, 5.41) is 2.37. The van der Waals surface area contributed by atoms with Crippen LogP contribution in [0.5, 0.6) is 0 Å². The predicted molar refractivity (Wildman–Crippen MR) is 127 cm³/mol. The summed E-state index contributed by atoms with van der Waals surface area (Å²) in [6.07, 6.45) is 0. The second kappa shape index (κ2) is 9.42. The zero-order valence-corrected chi connectivity index (χ0v) is 20.0. The summed E-state index contributed by atoms with van der Waals surface area (Å²) >= 11 is 1.35. The van der Waals surface area contributed by atoms with Crippen LogP contribution in [0.25, 0.3) is 0 Å². The van der Waals surface area contributed by atoms with Crippen LogP contribution in [0.4, 0.5) is 10.8 Å². The van der Waals surface area contributed by atoms with Gasteiger partial charge in [-0.15, -0.1) is 11.3 Å². The van der Waals surface area contributed by atoms with E-state index in [9.17, 15) is 18.0 Å². The number of aromatic nitrogens is 1. The lowest BCUT2D eigenvalue weighted by atomic mass is 10.2. The molecule has 0 radical (unpaired) electrons. The molecule has 0 unspecified atom stereocenters. The summed E-state index contributed by atoms with van der Waals surface area (Å²) in [6, 6.07) is 15.2. The van der Waals surface area contributed by atoms with E-state index >= 15 is 0 Å². The molecule has 0 aliphatic carbocycles. The average molecular weight is 485 g/mol. The number of sulfonamides is 1. The lowest BCUT2D eigenvalue weighted by Gasteiger charge is -2.33. The SMILES string of the molecule is CC(=O)N1CCN(S(=O)(=O)c2cccc(C(=O)N(c3ccccc3)c3nc(C)cs3)c2)CC1. The van der Waals surface area contributed by atoms with E-state index in [4.69, 9.17) is 0 Å². The highest BCUT2D eigenvalue weighted by molar-refractivity contribution is 7.89. The maximum atomic E-state index is 13.6. The number of piperazine rings is 1. The van der Waals surface area contributed by atoms with Gasteiger partial charge in [-0.1, -0.05) is 24.3 Å². The molecular weight excluding hydrogens is 460 g/mol. The molecule has 1 aromatic heterocycles. The van der Waals surface area contributed by atoms with E-state index in [0.29, 0.717) is 23.9 Å². The molecule has 0 bridgehead atoms. The largest absolute Gasteiger partial charge is 0.340 e. The number of aryl methyl sites for hydroxylation is 1. The first-order chi connectivity index (χ1) is 15.8. The molecule has 3 aromatic rings. The number of amides is 2. The molecule has 1 aliphatic rings. The Morgan fingerprint density at radius 3 is 2.30 bits per heavy atom. The van der Waals surface area contributed by atoms with Gasteiger partial charge in [0.2, 0.25) is 15.9 Å². The van der Waals surface area contributed by atoms with Crippen molar-refractivity contribution >= 4 is 44.0 Å². The summed E-state index contributed by atoms with van der Waals surface area (Å²) in [7, 11) is -3.81. The van der Waals surface area contributed by atoms with Gasteiger partial charge in [0.25, 0.3) is 5.91 Å². The Hall–Kier alpha value is -3.08. The first-order valence-corrected chi connectivity index (χ1v) is 12.8. The van der Waals surface area contributed by atoms with E-state index in [1.165, 1.54) is 39.6 Å². The summed E-state index contributed by atoms with van der Waals surface area (Å²) in [5.41, 5.74) is 1.69. The van der Waals surface area contributed by atoms with Crippen molar-refractivity contribution < 1.29 is 18.0 Å². The van der Waals surface area contributed by atoms with Crippen LogP contribution in [0.1, 0.15) is 23.0 Å². The van der Waals surface area contributed by atoms with Crippen molar-refractivity contribution in [1.29, 1.82) is 0 Å². The Labute approximate surface area is 197 Å². The van der Waals surface area contributed by atoms with Crippen molar-refractivity contribution in [2.24, 2.45) is 0 Å². The number of thiazole rings is 1. The minimum absolute atomic E-state index is 0.0490. The van der Waals surface area contributed by atoms with Gasteiger partial charge in [-0.05, 0) is 37.3 Å². The molecule has 8 nitrogen and oxygen atoms in total. The summed E-state index contributed by atoms with van der Waals surface area (Å²) in [4.78, 5) is 32.8. The van der Waals surface area contributed by atoms with Gasteiger partial charge in [0.15, 0.2) is 5.13 Å². The molecule has 172 valence electrons. The van der Waals surface area contributed by atoms with E-state index in [1.807, 2.05) is 42.6 Å². The molecule has 0 N–H and O–H groups in total. The number of anilines is 2. The highest BCUT2D eigenvalue weighted by Gasteiger charge is 2.30. The van der Waals surface area contributed by atoms with Crippen LogP contribution in [0, 0.1) is 6.92 Å². The molecule has 33 heavy (non-hydrogen) atoms. The Morgan fingerprint density at radius 1 is 1.00 bits per heavy atom. The van der Waals surface area contributed by atoms with Gasteiger partial charge >= 0.3 is 0 Å². The van der Waals surface area contributed by atoms with Gasteiger partial charge in [-0.2, -0.15) is 4.31 Å². The zero-order chi connectivity index (χ0) is 23.6. The molecule has 0 spiro atoms. The van der Waals surface area contributed by atoms with Crippen LogP contribution in [0.3, 0.4) is 0 Å². The van der Waals surface area contributed by atoms with E-state index < -0.39 is 10.0 Å². The molecule has 10 heteroatoms. The van der Waals surface area contributed by atoms with Gasteiger partial charge in [-0.25, -0.2) is 13.4 Å². The van der Waals surface area contributed by atoms with Crippen LogP contribution in [-0.2, 0) is 14.8 Å². The standard InChI is InChI=1S/C23H24N4O4S2/c1-17-16-32-23(24-17)27(20-8-4-3-5-9-20)22(29)19-7-6-10-21(15-19)33(30,31)26-13-11-25(12-14-26)18(2)28/h3-10,15-16H,11-14H2,1-2H3. The third kappa shape index (κ3) is 4.82. The van der Waals surface area contributed by atoms with Crippen molar-refractivity contribution in [3.05, 3.63) is 71.2 Å². The second-order valence-corrected chi connectivity index (χ2v) is 10.5. The van der Waals surface area contributed by atoms with Crippen molar-refractivity contribution in [2.45, 2.75) is 18.7 Å². The van der Waals surface area contributed by atoms with Crippen LogP contribution in [-0.4, -0.2) is 60.6 Å². The normalized spacial score (nSPS) is 14.8. The zero-order valence-electron chi connectivity index (χ0n) is 18.3. The van der Waals surface area contributed by atoms with Crippen LogP contribution in [0.2, 0.25) is 0 Å². The molecule has 2 aromatic carbocycles. The number of hydrogen-bond donors (Lipinski definition) is 0. The molecule has 1 saturated heterocycles. The number of carbonyl (C=O) groups excluding carboxylic acids is 2. The third-order valence-electron chi connectivity index (χ3n) is 5.42. The first kappa shape index (κ1) is 23.1. The summed E-state index contributed by atoms with van der Waals surface area (Å²) < 4.78 is 27.8. The molecule has 1 aliphatic heterocycles. The van der Waals surface area contributed by atoms with Crippen LogP contribution in [0.15, 0.2) is 64.9 Å². The van der Waals surface area contributed by atoms with E-state index in [-0.39, 0.29) is 35.4 Å². The Morgan fingerprint density at radius 2 is 1.70 bits per heavy atom. The first-order valence-electron chi connectivity index (χ1n) is 10.4. The second-order valence-electron chi connectivity index (χ2n) is 7.69. The fourth-order valence-electron chi connectivity index (χ4n) is 3.65. The van der Waals surface area contributed by atoms with Crippen LogP contribution >= 0.6 is 11.3 Å². The van der Waals surface area contributed by atoms with Gasteiger partial charge in [0, 0.05) is 44.0 Å². The van der Waals surface area contributed by atoms with Gasteiger partial charge in [-0.3, -0.25) is 14.5 Å². The maximum Gasteiger partial charge on any atom is 0.264 e. The number of para-hydroxylation sites is 1. The molecule has 2 amide bonds. The Kier molecular flexibility index (Phi) is 6.59. The molecule has 0 atom stereocenters. The quantitative estimate of drug-likeness (QED) is 0.554. The number of hydrogen-bond acceptors (Lipinski definition) is 6. The van der Waals surface area contributed by atoms with Crippen molar-refractivity contribution in [3.63, 3.8) is 0 Å². The molecular formula is C23H24N4O4S2. The maximum absolute atomic E-state index is 13.6. The number of nitrogens with zero attached hydrogens (tertiary/aromatic N) is 4. The fraction of sp³-hybridized carbons (Fsp3) is 0.261. The fourth-order valence-corrected chi connectivity index (χ4v) is 5.93. The lowest BCUT2D eigenvalue weighted by Crippen LogP contribution is -2.49. The molecule has 1 fully saturated rings. The summed E-state index contributed by atoms with van der Waals surface area (Å²) in [6.45, 7) is 4.45. The van der Waals surface area contributed by atoms with E-state index in [2.05, 4.69) is 4.98 Å². The van der Waals surface area contributed by atoms with Gasteiger partial charge in [0.1, 0.15) is 0 Å². The van der Waals surface area contributed by atoms with Crippen molar-refractivity contribution in [2.75, 3.05) is 31.1 Å². The van der Waals surface area contributed by atoms with Gasteiger partial charge in [0.05, 0.1) is 16.3 Å². The minimum Gasteiger partial charge on any atom is -0.340 e. The summed E-state index contributed by atoms with van der Waals surface area (Å²) in [5.74, 6) is -0.438. The highest BCUT2D eigenvalue weighted by Crippen LogP contribution is 2.31. The molecule has 0 saturated carbocycles. The third-order valence-corrected chi connectivity index (χ3v) is 8.26. The van der Waals surface area contributed by atoms with E-state index in [0.717, 1.165) is 5.69 Å². The smallest absolute Gasteiger partial charge is 0.264 e. The Balaban J connectivity index is 1.65. The highest BCUT2D eigenvalue weighted by atomic mass is 32.2.